The van der Waals surface area contributed by atoms with Gasteiger partial charge >= 0.3 is 0 Å². The van der Waals surface area contributed by atoms with Crippen molar-refractivity contribution in [3.05, 3.63) is 29.8 Å². The predicted molar refractivity (Wildman–Crippen MR) is 58.8 cm³/mol. The fraction of sp³-hybridized carbons (Fsp3) is 0.500. The molecule has 1 aromatic rings. The molecule has 0 aromatic heterocycles. The minimum absolute atomic E-state index is 0.287. The lowest BCUT2D eigenvalue weighted by Crippen LogP contribution is -2.19. The second-order valence-electron chi connectivity index (χ2n) is 3.89. The zero-order chi connectivity index (χ0) is 9.90. The number of benzene rings is 1. The molecule has 1 nitrogen and oxygen atoms in total. The quantitative estimate of drug-likeness (QED) is 0.704. The van der Waals surface area contributed by atoms with Gasteiger partial charge in [0.2, 0.25) is 0 Å². The topological polar surface area (TPSA) is 26.0 Å². The third kappa shape index (κ3) is 2.03. The van der Waals surface area contributed by atoms with Gasteiger partial charge in [-0.3, -0.25) is 0 Å². The molecule has 0 aliphatic rings. The molecular formula is C12H19N. The summed E-state index contributed by atoms with van der Waals surface area (Å²) in [5.74, 6) is 0. The predicted octanol–water partition coefficient (Wildman–Crippen LogP) is 3.35. The summed E-state index contributed by atoms with van der Waals surface area (Å²) in [4.78, 5) is 0. The van der Waals surface area contributed by atoms with Gasteiger partial charge < -0.3 is 5.73 Å². The summed E-state index contributed by atoms with van der Waals surface area (Å²) < 4.78 is 0. The van der Waals surface area contributed by atoms with Gasteiger partial charge in [0.1, 0.15) is 0 Å². The van der Waals surface area contributed by atoms with Crippen molar-refractivity contribution in [3.8, 4) is 0 Å². The molecule has 1 rings (SSSR count). The highest BCUT2D eigenvalue weighted by Gasteiger charge is 2.21. The number of hydrogen-bond acceptors (Lipinski definition) is 1. The molecule has 0 heterocycles. The van der Waals surface area contributed by atoms with Crippen LogP contribution >= 0.6 is 0 Å². The van der Waals surface area contributed by atoms with E-state index in [1.54, 1.807) is 0 Å². The van der Waals surface area contributed by atoms with Crippen LogP contribution in [0.25, 0.3) is 0 Å². The molecular weight excluding hydrogens is 158 g/mol. The van der Waals surface area contributed by atoms with E-state index in [-0.39, 0.29) is 5.41 Å². The molecule has 0 bridgehead atoms. The van der Waals surface area contributed by atoms with Crippen molar-refractivity contribution in [2.24, 2.45) is 0 Å². The molecule has 2 N–H and O–H groups in total. The molecule has 1 aromatic carbocycles. The van der Waals surface area contributed by atoms with Crippen LogP contribution < -0.4 is 5.73 Å². The van der Waals surface area contributed by atoms with E-state index in [4.69, 9.17) is 5.73 Å². The van der Waals surface area contributed by atoms with Crippen LogP contribution in [0.1, 0.15) is 39.2 Å². The first kappa shape index (κ1) is 10.1. The minimum atomic E-state index is 0.287. The molecule has 0 spiro atoms. The molecule has 0 atom stereocenters. The average Bonchev–Trinajstić information content (AvgIpc) is 2.17. The van der Waals surface area contributed by atoms with E-state index in [0.717, 1.165) is 18.5 Å². The van der Waals surface area contributed by atoms with Crippen molar-refractivity contribution in [1.82, 2.24) is 0 Å². The van der Waals surface area contributed by atoms with Crippen LogP contribution in [0.5, 0.6) is 0 Å². The Balaban J connectivity index is 3.05. The normalized spacial score (nSPS) is 11.6. The highest BCUT2D eigenvalue weighted by Crippen LogP contribution is 2.31. The number of rotatable bonds is 3. The second kappa shape index (κ2) is 3.82. The van der Waals surface area contributed by atoms with Gasteiger partial charge in [0, 0.05) is 5.69 Å². The summed E-state index contributed by atoms with van der Waals surface area (Å²) >= 11 is 0. The fourth-order valence-electron chi connectivity index (χ4n) is 1.57. The van der Waals surface area contributed by atoms with Crippen LogP contribution in [0.2, 0.25) is 0 Å². The summed E-state index contributed by atoms with van der Waals surface area (Å²) in [5, 5.41) is 0. The SMILES string of the molecule is CCC(C)(CC)c1cccc(N)c1. The van der Waals surface area contributed by atoms with E-state index in [0.29, 0.717) is 0 Å². The zero-order valence-electron chi connectivity index (χ0n) is 8.80. The fourth-order valence-corrected chi connectivity index (χ4v) is 1.57. The van der Waals surface area contributed by atoms with Crippen molar-refractivity contribution in [2.45, 2.75) is 39.0 Å². The lowest BCUT2D eigenvalue weighted by molar-refractivity contribution is 0.439. The Morgan fingerprint density at radius 2 is 1.85 bits per heavy atom. The molecule has 72 valence electrons. The van der Waals surface area contributed by atoms with Crippen LogP contribution in [0.4, 0.5) is 5.69 Å². The maximum absolute atomic E-state index is 5.76. The highest BCUT2D eigenvalue weighted by molar-refractivity contribution is 5.43. The van der Waals surface area contributed by atoms with Crippen LogP contribution in [0.3, 0.4) is 0 Å². The molecule has 1 heteroatoms. The van der Waals surface area contributed by atoms with Crippen molar-refractivity contribution in [3.63, 3.8) is 0 Å². The Kier molecular flexibility index (Phi) is 2.97. The van der Waals surface area contributed by atoms with Gasteiger partial charge in [-0.2, -0.15) is 0 Å². The molecule has 0 unspecified atom stereocenters. The lowest BCUT2D eigenvalue weighted by atomic mass is 9.78. The standard InChI is InChI=1S/C12H19N/c1-4-12(3,5-2)10-7-6-8-11(13)9-10/h6-9H,4-5,13H2,1-3H3. The van der Waals surface area contributed by atoms with Crippen LogP contribution in [-0.2, 0) is 5.41 Å². The largest absolute Gasteiger partial charge is 0.399 e. The molecule has 0 fully saturated rings. The number of nitrogen functional groups attached to an aromatic ring is 1. The Morgan fingerprint density at radius 1 is 1.23 bits per heavy atom. The molecule has 0 aliphatic carbocycles. The number of hydrogen-bond donors (Lipinski definition) is 1. The van der Waals surface area contributed by atoms with E-state index in [9.17, 15) is 0 Å². The third-order valence-corrected chi connectivity index (χ3v) is 3.14. The smallest absolute Gasteiger partial charge is 0.0316 e. The van der Waals surface area contributed by atoms with Gasteiger partial charge in [-0.1, -0.05) is 32.9 Å². The highest BCUT2D eigenvalue weighted by atomic mass is 14.5. The molecule has 13 heavy (non-hydrogen) atoms. The van der Waals surface area contributed by atoms with Gasteiger partial charge in [0.05, 0.1) is 0 Å². The van der Waals surface area contributed by atoms with Crippen molar-refractivity contribution in [1.29, 1.82) is 0 Å². The van der Waals surface area contributed by atoms with E-state index >= 15 is 0 Å². The first-order valence-electron chi connectivity index (χ1n) is 4.98. The maximum atomic E-state index is 5.76. The Bertz CT molecular complexity index is 274. The van der Waals surface area contributed by atoms with Gasteiger partial charge in [-0.05, 0) is 36.0 Å². The summed E-state index contributed by atoms with van der Waals surface area (Å²) in [5.41, 5.74) is 8.28. The lowest BCUT2D eigenvalue weighted by Gasteiger charge is -2.27. The summed E-state index contributed by atoms with van der Waals surface area (Å²) in [6.07, 6.45) is 2.32. The van der Waals surface area contributed by atoms with Gasteiger partial charge in [0.25, 0.3) is 0 Å². The molecule has 0 aliphatic heterocycles. The van der Waals surface area contributed by atoms with Crippen LogP contribution in [0.15, 0.2) is 24.3 Å². The first-order chi connectivity index (χ1) is 6.12. The first-order valence-corrected chi connectivity index (χ1v) is 4.98. The summed E-state index contributed by atoms with van der Waals surface area (Å²) in [7, 11) is 0. The monoisotopic (exact) mass is 177 g/mol. The Morgan fingerprint density at radius 3 is 2.31 bits per heavy atom. The van der Waals surface area contributed by atoms with Gasteiger partial charge in [-0.15, -0.1) is 0 Å². The van der Waals surface area contributed by atoms with Crippen molar-refractivity contribution < 1.29 is 0 Å². The van der Waals surface area contributed by atoms with E-state index in [1.165, 1.54) is 5.56 Å². The van der Waals surface area contributed by atoms with Gasteiger partial charge in [-0.25, -0.2) is 0 Å². The molecule has 0 radical (unpaired) electrons. The minimum Gasteiger partial charge on any atom is -0.399 e. The average molecular weight is 177 g/mol. The third-order valence-electron chi connectivity index (χ3n) is 3.14. The number of nitrogens with two attached hydrogens (primary N) is 1. The summed E-state index contributed by atoms with van der Waals surface area (Å²) in [6.45, 7) is 6.75. The van der Waals surface area contributed by atoms with E-state index in [1.807, 2.05) is 12.1 Å². The molecule has 0 saturated carbocycles. The zero-order valence-corrected chi connectivity index (χ0v) is 8.80. The second-order valence-corrected chi connectivity index (χ2v) is 3.89. The van der Waals surface area contributed by atoms with Crippen LogP contribution in [0, 0.1) is 0 Å². The summed E-state index contributed by atoms with van der Waals surface area (Å²) in [6, 6.07) is 8.24. The molecule has 0 amide bonds. The van der Waals surface area contributed by atoms with E-state index in [2.05, 4.69) is 32.9 Å². The maximum Gasteiger partial charge on any atom is 0.0316 e. The number of anilines is 1. The van der Waals surface area contributed by atoms with Gasteiger partial charge in [0.15, 0.2) is 0 Å². The Labute approximate surface area is 81.0 Å². The molecule has 0 saturated heterocycles. The van der Waals surface area contributed by atoms with Crippen molar-refractivity contribution in [2.75, 3.05) is 5.73 Å². The van der Waals surface area contributed by atoms with E-state index < -0.39 is 0 Å². The van der Waals surface area contributed by atoms with Crippen molar-refractivity contribution >= 4 is 5.69 Å². The van der Waals surface area contributed by atoms with Crippen LogP contribution in [-0.4, -0.2) is 0 Å². The Hall–Kier alpha value is -0.980.